The van der Waals surface area contributed by atoms with Crippen LogP contribution in [0.3, 0.4) is 0 Å². The van der Waals surface area contributed by atoms with Gasteiger partial charge in [-0.05, 0) is 42.9 Å². The van der Waals surface area contributed by atoms with Gasteiger partial charge in [0.2, 0.25) is 0 Å². The van der Waals surface area contributed by atoms with Gasteiger partial charge in [-0.25, -0.2) is 0 Å². The van der Waals surface area contributed by atoms with E-state index < -0.39 is 0 Å². The maximum Gasteiger partial charge on any atom is -0.0383 e. The summed E-state index contributed by atoms with van der Waals surface area (Å²) in [5.41, 5.74) is 0. The second-order valence-electron chi connectivity index (χ2n) is 5.16. The SMILES string of the molecule is CCC1CCC(CC2CC2C)C1. The van der Waals surface area contributed by atoms with Crippen molar-refractivity contribution in [1.82, 2.24) is 0 Å². The molecule has 2 aliphatic rings. The van der Waals surface area contributed by atoms with Gasteiger partial charge in [0.1, 0.15) is 0 Å². The molecule has 0 heteroatoms. The molecule has 0 aromatic carbocycles. The van der Waals surface area contributed by atoms with Crippen LogP contribution in [0.4, 0.5) is 0 Å². The van der Waals surface area contributed by atoms with Crippen molar-refractivity contribution in [1.29, 1.82) is 0 Å². The molecule has 0 bridgehead atoms. The smallest absolute Gasteiger partial charge is 0.0383 e. The van der Waals surface area contributed by atoms with Crippen molar-refractivity contribution in [2.75, 3.05) is 0 Å². The van der Waals surface area contributed by atoms with E-state index in [4.69, 9.17) is 0 Å². The van der Waals surface area contributed by atoms with E-state index in [2.05, 4.69) is 13.8 Å². The molecular formula is C12H22. The summed E-state index contributed by atoms with van der Waals surface area (Å²) in [6.45, 7) is 4.77. The Bertz CT molecular complexity index is 150. The molecule has 4 atom stereocenters. The van der Waals surface area contributed by atoms with Gasteiger partial charge >= 0.3 is 0 Å². The molecule has 2 rings (SSSR count). The Morgan fingerprint density at radius 3 is 2.25 bits per heavy atom. The van der Waals surface area contributed by atoms with E-state index in [0.717, 1.165) is 23.7 Å². The van der Waals surface area contributed by atoms with Crippen LogP contribution in [0.15, 0.2) is 0 Å². The summed E-state index contributed by atoms with van der Waals surface area (Å²) in [4.78, 5) is 0. The van der Waals surface area contributed by atoms with Crippen LogP contribution < -0.4 is 0 Å². The van der Waals surface area contributed by atoms with E-state index in [0.29, 0.717) is 0 Å². The molecule has 0 aromatic rings. The number of rotatable bonds is 3. The zero-order valence-corrected chi connectivity index (χ0v) is 8.55. The molecule has 0 amide bonds. The highest BCUT2D eigenvalue weighted by atomic mass is 14.4. The highest BCUT2D eigenvalue weighted by Crippen LogP contribution is 2.46. The van der Waals surface area contributed by atoms with Crippen molar-refractivity contribution in [2.45, 2.75) is 52.4 Å². The minimum absolute atomic E-state index is 1.07. The molecule has 0 heterocycles. The van der Waals surface area contributed by atoms with E-state index >= 15 is 0 Å². The lowest BCUT2D eigenvalue weighted by atomic mass is 9.97. The molecule has 0 aliphatic heterocycles. The third-order valence-corrected chi connectivity index (χ3v) is 4.14. The monoisotopic (exact) mass is 166 g/mol. The average Bonchev–Trinajstić information content (AvgIpc) is 2.61. The predicted octanol–water partition coefficient (Wildman–Crippen LogP) is 3.86. The largest absolute Gasteiger partial charge is 0.0651 e. The lowest BCUT2D eigenvalue weighted by molar-refractivity contribution is 0.428. The summed E-state index contributed by atoms with van der Waals surface area (Å²) in [5, 5.41) is 0. The fourth-order valence-electron chi connectivity index (χ4n) is 2.92. The topological polar surface area (TPSA) is 0 Å². The molecule has 0 nitrogen and oxygen atoms in total. The van der Waals surface area contributed by atoms with Crippen LogP contribution in [-0.2, 0) is 0 Å². The third kappa shape index (κ3) is 1.84. The van der Waals surface area contributed by atoms with Crippen molar-refractivity contribution in [3.05, 3.63) is 0 Å². The standard InChI is InChI=1S/C12H22/c1-3-10-4-5-11(7-10)8-12-6-9(12)2/h9-12H,3-8H2,1-2H3. The molecule has 0 saturated heterocycles. The molecule has 0 spiro atoms. The summed E-state index contributed by atoms with van der Waals surface area (Å²) < 4.78 is 0. The van der Waals surface area contributed by atoms with Crippen molar-refractivity contribution in [3.63, 3.8) is 0 Å². The zero-order chi connectivity index (χ0) is 8.55. The van der Waals surface area contributed by atoms with E-state index in [9.17, 15) is 0 Å². The van der Waals surface area contributed by atoms with Crippen LogP contribution in [0.5, 0.6) is 0 Å². The first-order valence-electron chi connectivity index (χ1n) is 5.79. The Morgan fingerprint density at radius 2 is 1.75 bits per heavy atom. The van der Waals surface area contributed by atoms with Crippen molar-refractivity contribution in [3.8, 4) is 0 Å². The average molecular weight is 166 g/mol. The Morgan fingerprint density at radius 1 is 1.08 bits per heavy atom. The van der Waals surface area contributed by atoms with Gasteiger partial charge in [-0.1, -0.05) is 33.1 Å². The lowest BCUT2D eigenvalue weighted by Crippen LogP contribution is -1.97. The van der Waals surface area contributed by atoms with Crippen LogP contribution in [0, 0.1) is 23.7 Å². The minimum Gasteiger partial charge on any atom is -0.0651 e. The molecule has 2 aliphatic carbocycles. The van der Waals surface area contributed by atoms with Gasteiger partial charge in [0, 0.05) is 0 Å². The van der Waals surface area contributed by atoms with Gasteiger partial charge in [-0.15, -0.1) is 0 Å². The van der Waals surface area contributed by atoms with Crippen LogP contribution in [-0.4, -0.2) is 0 Å². The first-order valence-corrected chi connectivity index (χ1v) is 5.79. The van der Waals surface area contributed by atoms with E-state index in [1.165, 1.54) is 19.3 Å². The van der Waals surface area contributed by atoms with Crippen LogP contribution in [0.2, 0.25) is 0 Å². The summed E-state index contributed by atoms with van der Waals surface area (Å²) in [5.74, 6) is 4.41. The van der Waals surface area contributed by atoms with Crippen molar-refractivity contribution < 1.29 is 0 Å². The Hall–Kier alpha value is 0. The normalized spacial score (nSPS) is 46.5. The molecule has 70 valence electrons. The van der Waals surface area contributed by atoms with E-state index in [1.54, 1.807) is 19.3 Å². The second-order valence-corrected chi connectivity index (χ2v) is 5.16. The lowest BCUT2D eigenvalue weighted by Gasteiger charge is -2.08. The quantitative estimate of drug-likeness (QED) is 0.597. The number of hydrogen-bond acceptors (Lipinski definition) is 0. The predicted molar refractivity (Wildman–Crippen MR) is 53.0 cm³/mol. The van der Waals surface area contributed by atoms with Crippen LogP contribution in [0.1, 0.15) is 52.4 Å². The van der Waals surface area contributed by atoms with E-state index in [-0.39, 0.29) is 0 Å². The van der Waals surface area contributed by atoms with Crippen molar-refractivity contribution >= 4 is 0 Å². The molecule has 0 aromatic heterocycles. The van der Waals surface area contributed by atoms with Gasteiger partial charge in [0.15, 0.2) is 0 Å². The summed E-state index contributed by atoms with van der Waals surface area (Å²) in [6, 6.07) is 0. The Labute approximate surface area is 76.7 Å². The fourth-order valence-corrected chi connectivity index (χ4v) is 2.92. The van der Waals surface area contributed by atoms with Gasteiger partial charge in [-0.2, -0.15) is 0 Å². The van der Waals surface area contributed by atoms with Gasteiger partial charge in [0.05, 0.1) is 0 Å². The third-order valence-electron chi connectivity index (χ3n) is 4.14. The van der Waals surface area contributed by atoms with Gasteiger partial charge < -0.3 is 0 Å². The maximum absolute atomic E-state index is 2.41. The molecule has 4 unspecified atom stereocenters. The molecule has 0 N–H and O–H groups in total. The highest BCUT2D eigenvalue weighted by molar-refractivity contribution is 4.86. The fraction of sp³-hybridized carbons (Fsp3) is 1.00. The molecule has 2 fully saturated rings. The summed E-state index contributed by atoms with van der Waals surface area (Å²) >= 11 is 0. The zero-order valence-electron chi connectivity index (χ0n) is 8.55. The Balaban J connectivity index is 1.69. The molecule has 12 heavy (non-hydrogen) atoms. The summed E-state index contributed by atoms with van der Waals surface area (Å²) in [6.07, 6.45) is 9.16. The first-order chi connectivity index (χ1) is 5.79. The van der Waals surface area contributed by atoms with Gasteiger partial charge in [0.25, 0.3) is 0 Å². The van der Waals surface area contributed by atoms with Crippen molar-refractivity contribution in [2.24, 2.45) is 23.7 Å². The van der Waals surface area contributed by atoms with Crippen LogP contribution >= 0.6 is 0 Å². The second kappa shape index (κ2) is 3.40. The van der Waals surface area contributed by atoms with Gasteiger partial charge in [-0.3, -0.25) is 0 Å². The summed E-state index contributed by atoms with van der Waals surface area (Å²) in [7, 11) is 0. The molecule has 0 radical (unpaired) electrons. The molecular weight excluding hydrogens is 144 g/mol. The number of hydrogen-bond donors (Lipinski definition) is 0. The minimum atomic E-state index is 1.07. The first kappa shape index (κ1) is 8.59. The molecule has 2 saturated carbocycles. The maximum atomic E-state index is 2.41. The Kier molecular flexibility index (Phi) is 2.43. The highest BCUT2D eigenvalue weighted by Gasteiger charge is 2.36. The van der Waals surface area contributed by atoms with Crippen LogP contribution in [0.25, 0.3) is 0 Å². The van der Waals surface area contributed by atoms with E-state index in [1.807, 2.05) is 0 Å².